The van der Waals surface area contributed by atoms with E-state index in [4.69, 9.17) is 4.74 Å². The highest BCUT2D eigenvalue weighted by atomic mass is 32.1. The van der Waals surface area contributed by atoms with Gasteiger partial charge in [-0.3, -0.25) is 4.79 Å². The number of hydrogen-bond donors (Lipinski definition) is 0. The third-order valence-corrected chi connectivity index (χ3v) is 5.43. The topological polar surface area (TPSA) is 43.6 Å². The molecule has 0 atom stereocenters. The number of methoxy groups -OCH3 is 1. The van der Waals surface area contributed by atoms with E-state index in [-0.39, 0.29) is 5.91 Å². The molecule has 0 radical (unpaired) electrons. The minimum atomic E-state index is -0.0887. The van der Waals surface area contributed by atoms with Crippen molar-refractivity contribution in [3.05, 3.63) is 58.4 Å². The Labute approximate surface area is 151 Å². The molecular formula is C20H22N2O2S. The van der Waals surface area contributed by atoms with Crippen molar-refractivity contribution in [3.63, 3.8) is 0 Å². The first-order valence-electron chi connectivity index (χ1n) is 8.42. The number of aryl methyl sites for hydroxylation is 3. The number of aromatic nitrogens is 1. The molecule has 130 valence electrons. The summed E-state index contributed by atoms with van der Waals surface area (Å²) in [6, 6.07) is 14.0. The zero-order valence-electron chi connectivity index (χ0n) is 14.8. The highest BCUT2D eigenvalue weighted by Crippen LogP contribution is 2.30. The molecule has 2 aromatic carbocycles. The summed E-state index contributed by atoms with van der Waals surface area (Å²) in [4.78, 5) is 17.5. The maximum atomic E-state index is 12.4. The molecule has 1 amide bonds. The Morgan fingerprint density at radius 1 is 1.20 bits per heavy atom. The molecule has 0 N–H and O–H groups in total. The number of carbonyl (C=O) groups is 1. The summed E-state index contributed by atoms with van der Waals surface area (Å²) < 4.78 is 8.69. The first kappa shape index (κ1) is 17.4. The summed E-state index contributed by atoms with van der Waals surface area (Å²) in [6.07, 6.45) is 1.13. The van der Waals surface area contributed by atoms with E-state index in [9.17, 15) is 4.79 Å². The molecule has 0 aliphatic rings. The van der Waals surface area contributed by atoms with E-state index in [0.717, 1.165) is 32.9 Å². The highest BCUT2D eigenvalue weighted by molar-refractivity contribution is 7.16. The SMILES string of the molecule is CCn1c(=NC(=O)CCc2ccccc2)sc2c(C)ccc(OC)c21. The van der Waals surface area contributed by atoms with Crippen LogP contribution in [0.2, 0.25) is 0 Å². The number of benzene rings is 2. The maximum Gasteiger partial charge on any atom is 0.248 e. The third kappa shape index (κ3) is 3.66. The summed E-state index contributed by atoms with van der Waals surface area (Å²) in [7, 11) is 1.67. The normalized spacial score (nSPS) is 11.9. The Bertz CT molecular complexity index is 955. The Balaban J connectivity index is 1.95. The lowest BCUT2D eigenvalue weighted by Gasteiger charge is -2.07. The molecule has 0 unspecified atom stereocenters. The third-order valence-electron chi connectivity index (χ3n) is 4.21. The molecule has 5 heteroatoms. The quantitative estimate of drug-likeness (QED) is 0.692. The molecule has 0 fully saturated rings. The molecular weight excluding hydrogens is 332 g/mol. The second-order valence-electron chi connectivity index (χ2n) is 5.88. The molecule has 0 aliphatic carbocycles. The van der Waals surface area contributed by atoms with Crippen molar-refractivity contribution < 1.29 is 9.53 Å². The maximum absolute atomic E-state index is 12.4. The highest BCUT2D eigenvalue weighted by Gasteiger charge is 2.13. The first-order valence-corrected chi connectivity index (χ1v) is 9.24. The molecule has 3 rings (SSSR count). The lowest BCUT2D eigenvalue weighted by molar-refractivity contribution is -0.118. The Morgan fingerprint density at radius 3 is 2.64 bits per heavy atom. The Hall–Kier alpha value is -2.40. The van der Waals surface area contributed by atoms with Crippen molar-refractivity contribution in [1.82, 2.24) is 4.57 Å². The minimum absolute atomic E-state index is 0.0887. The summed E-state index contributed by atoms with van der Waals surface area (Å²) in [5.74, 6) is 0.728. The average molecular weight is 354 g/mol. The fraction of sp³-hybridized carbons (Fsp3) is 0.300. The molecule has 3 aromatic rings. The van der Waals surface area contributed by atoms with Crippen LogP contribution in [-0.4, -0.2) is 17.6 Å². The average Bonchev–Trinajstić information content (AvgIpc) is 3.00. The van der Waals surface area contributed by atoms with Crippen LogP contribution in [0.4, 0.5) is 0 Å². The van der Waals surface area contributed by atoms with Crippen LogP contribution in [0.15, 0.2) is 47.5 Å². The predicted molar refractivity (Wildman–Crippen MR) is 102 cm³/mol. The number of amides is 1. The van der Waals surface area contributed by atoms with Gasteiger partial charge >= 0.3 is 0 Å². The van der Waals surface area contributed by atoms with E-state index in [1.807, 2.05) is 42.5 Å². The van der Waals surface area contributed by atoms with Gasteiger partial charge in [-0.05, 0) is 37.5 Å². The standard InChI is InChI=1S/C20H22N2O2S/c1-4-22-18-16(24-3)12-10-14(2)19(18)25-20(22)21-17(23)13-11-15-8-6-5-7-9-15/h5-10,12H,4,11,13H2,1-3H3. The van der Waals surface area contributed by atoms with Crippen molar-refractivity contribution in [3.8, 4) is 5.75 Å². The predicted octanol–water partition coefficient (Wildman–Crippen LogP) is 4.10. The van der Waals surface area contributed by atoms with Gasteiger partial charge in [0.2, 0.25) is 5.91 Å². The Kier molecular flexibility index (Phi) is 5.34. The van der Waals surface area contributed by atoms with Gasteiger partial charge in [-0.1, -0.05) is 47.7 Å². The molecule has 25 heavy (non-hydrogen) atoms. The van der Waals surface area contributed by atoms with Gasteiger partial charge in [0.15, 0.2) is 4.80 Å². The van der Waals surface area contributed by atoms with Crippen molar-refractivity contribution in [2.24, 2.45) is 4.99 Å². The molecule has 4 nitrogen and oxygen atoms in total. The van der Waals surface area contributed by atoms with Gasteiger partial charge in [0, 0.05) is 13.0 Å². The Morgan fingerprint density at radius 2 is 1.96 bits per heavy atom. The monoisotopic (exact) mass is 354 g/mol. The molecule has 0 bridgehead atoms. The van der Waals surface area contributed by atoms with E-state index < -0.39 is 0 Å². The summed E-state index contributed by atoms with van der Waals surface area (Å²) in [5, 5.41) is 0. The number of thiazole rings is 1. The number of fused-ring (bicyclic) bond motifs is 1. The number of nitrogens with zero attached hydrogens (tertiary/aromatic N) is 2. The molecule has 0 aliphatic heterocycles. The van der Waals surface area contributed by atoms with Gasteiger partial charge in [-0.15, -0.1) is 0 Å². The van der Waals surface area contributed by atoms with Gasteiger partial charge in [0.1, 0.15) is 11.3 Å². The summed E-state index contributed by atoms with van der Waals surface area (Å²) in [6.45, 7) is 4.87. The van der Waals surface area contributed by atoms with Crippen LogP contribution >= 0.6 is 11.3 Å². The van der Waals surface area contributed by atoms with E-state index >= 15 is 0 Å². The number of carbonyl (C=O) groups excluding carboxylic acids is 1. The fourth-order valence-corrected chi connectivity index (χ4v) is 4.08. The molecule has 0 saturated heterocycles. The zero-order valence-corrected chi connectivity index (χ0v) is 15.6. The molecule has 1 heterocycles. The number of hydrogen-bond acceptors (Lipinski definition) is 3. The van der Waals surface area contributed by atoms with Crippen molar-refractivity contribution >= 4 is 27.5 Å². The summed E-state index contributed by atoms with van der Waals surface area (Å²) >= 11 is 1.55. The lowest BCUT2D eigenvalue weighted by Crippen LogP contribution is -2.16. The van der Waals surface area contributed by atoms with Crippen LogP contribution in [-0.2, 0) is 17.8 Å². The van der Waals surface area contributed by atoms with Crippen LogP contribution in [0.1, 0.15) is 24.5 Å². The fourth-order valence-electron chi connectivity index (χ4n) is 2.88. The van der Waals surface area contributed by atoms with Crippen LogP contribution < -0.4 is 9.54 Å². The van der Waals surface area contributed by atoms with Gasteiger partial charge in [0.05, 0.1) is 11.8 Å². The zero-order chi connectivity index (χ0) is 17.8. The summed E-state index contributed by atoms with van der Waals surface area (Å²) in [5.41, 5.74) is 3.34. The smallest absolute Gasteiger partial charge is 0.248 e. The molecule has 0 spiro atoms. The van der Waals surface area contributed by atoms with Gasteiger partial charge in [-0.25, -0.2) is 0 Å². The second kappa shape index (κ2) is 7.66. The van der Waals surface area contributed by atoms with Gasteiger partial charge in [0.25, 0.3) is 0 Å². The molecule has 0 saturated carbocycles. The van der Waals surface area contributed by atoms with Crippen molar-refractivity contribution in [1.29, 1.82) is 0 Å². The number of ether oxygens (including phenoxy) is 1. The van der Waals surface area contributed by atoms with Crippen LogP contribution in [0.25, 0.3) is 10.2 Å². The lowest BCUT2D eigenvalue weighted by atomic mass is 10.1. The van der Waals surface area contributed by atoms with E-state index in [0.29, 0.717) is 12.8 Å². The second-order valence-corrected chi connectivity index (χ2v) is 6.86. The van der Waals surface area contributed by atoms with E-state index in [1.165, 1.54) is 5.56 Å². The minimum Gasteiger partial charge on any atom is -0.495 e. The largest absolute Gasteiger partial charge is 0.495 e. The van der Waals surface area contributed by atoms with Crippen LogP contribution in [0, 0.1) is 6.92 Å². The van der Waals surface area contributed by atoms with Crippen molar-refractivity contribution in [2.45, 2.75) is 33.2 Å². The molecule has 1 aromatic heterocycles. The first-order chi connectivity index (χ1) is 12.1. The van der Waals surface area contributed by atoms with E-state index in [2.05, 4.69) is 23.4 Å². The van der Waals surface area contributed by atoms with Crippen LogP contribution in [0.3, 0.4) is 0 Å². The van der Waals surface area contributed by atoms with Crippen LogP contribution in [0.5, 0.6) is 5.75 Å². The van der Waals surface area contributed by atoms with Gasteiger partial charge in [-0.2, -0.15) is 4.99 Å². The van der Waals surface area contributed by atoms with Gasteiger partial charge < -0.3 is 9.30 Å². The number of rotatable bonds is 5. The van der Waals surface area contributed by atoms with E-state index in [1.54, 1.807) is 18.4 Å². The van der Waals surface area contributed by atoms with Crippen molar-refractivity contribution in [2.75, 3.05) is 7.11 Å².